The van der Waals surface area contributed by atoms with Gasteiger partial charge in [-0.05, 0) is 57.9 Å². The topological polar surface area (TPSA) is 64.3 Å². The zero-order valence-electron chi connectivity index (χ0n) is 13.4. The Morgan fingerprint density at radius 1 is 1.14 bits per heavy atom. The van der Waals surface area contributed by atoms with Crippen LogP contribution in [-0.2, 0) is 4.79 Å². The van der Waals surface area contributed by atoms with E-state index in [0.717, 1.165) is 30.6 Å². The van der Waals surface area contributed by atoms with Gasteiger partial charge in [0.1, 0.15) is 5.75 Å². The second-order valence-electron chi connectivity index (χ2n) is 5.62. The van der Waals surface area contributed by atoms with Crippen molar-refractivity contribution in [1.29, 1.82) is 0 Å². The minimum Gasteiger partial charge on any atom is -0.491 e. The molecule has 1 rings (SSSR count). The molecule has 0 radical (unpaired) electrons. The quantitative estimate of drug-likeness (QED) is 0.687. The lowest BCUT2D eigenvalue weighted by atomic mass is 10.1. The van der Waals surface area contributed by atoms with Crippen molar-refractivity contribution in [2.45, 2.75) is 58.6 Å². The molecule has 4 nitrogen and oxygen atoms in total. The summed E-state index contributed by atoms with van der Waals surface area (Å²) in [6.07, 6.45) is 3.64. The van der Waals surface area contributed by atoms with Crippen molar-refractivity contribution in [3.05, 3.63) is 29.8 Å². The molecule has 0 aliphatic carbocycles. The first-order valence-corrected chi connectivity index (χ1v) is 7.79. The Hall–Kier alpha value is -1.55. The van der Waals surface area contributed by atoms with Crippen LogP contribution in [0.1, 0.15) is 58.1 Å². The first-order chi connectivity index (χ1) is 10.0. The van der Waals surface area contributed by atoms with Gasteiger partial charge in [-0.15, -0.1) is 0 Å². The molecule has 21 heavy (non-hydrogen) atoms. The molecular formula is C17H28N2O2. The smallest absolute Gasteiger partial charge is 0.220 e. The molecule has 0 saturated heterocycles. The van der Waals surface area contributed by atoms with Gasteiger partial charge in [-0.1, -0.05) is 18.6 Å². The molecule has 1 unspecified atom stereocenters. The summed E-state index contributed by atoms with van der Waals surface area (Å²) < 4.78 is 5.61. The van der Waals surface area contributed by atoms with E-state index in [0.29, 0.717) is 13.0 Å². The molecule has 0 spiro atoms. The number of hydrogen-bond donors (Lipinski definition) is 2. The van der Waals surface area contributed by atoms with Crippen LogP contribution in [0, 0.1) is 0 Å². The van der Waals surface area contributed by atoms with Gasteiger partial charge in [0.25, 0.3) is 0 Å². The third kappa shape index (κ3) is 7.14. The third-order valence-corrected chi connectivity index (χ3v) is 3.24. The number of rotatable bonds is 9. The maximum absolute atomic E-state index is 11.8. The summed E-state index contributed by atoms with van der Waals surface area (Å²) in [4.78, 5) is 11.8. The Labute approximate surface area is 128 Å². The molecule has 0 saturated carbocycles. The number of carbonyl (C=O) groups excluding carboxylic acids is 1. The summed E-state index contributed by atoms with van der Waals surface area (Å²) in [6, 6.07) is 7.90. The van der Waals surface area contributed by atoms with E-state index in [9.17, 15) is 4.79 Å². The monoisotopic (exact) mass is 292 g/mol. The van der Waals surface area contributed by atoms with Gasteiger partial charge in [0.05, 0.1) is 12.1 Å². The maximum atomic E-state index is 11.8. The number of benzene rings is 1. The van der Waals surface area contributed by atoms with Gasteiger partial charge < -0.3 is 15.8 Å². The molecule has 1 aromatic rings. The molecule has 0 heterocycles. The van der Waals surface area contributed by atoms with E-state index in [1.165, 1.54) is 0 Å². The van der Waals surface area contributed by atoms with E-state index in [-0.39, 0.29) is 18.1 Å². The molecule has 1 amide bonds. The standard InChI is InChI=1S/C17H28N2O2/c1-13(2)21-16-10-8-15(9-11-16)14(3)19-17(20)7-5-4-6-12-18/h8-11,13-14H,4-7,12,18H2,1-3H3,(H,19,20). The molecule has 0 aliphatic heterocycles. The number of hydrogen-bond acceptors (Lipinski definition) is 3. The van der Waals surface area contributed by atoms with Crippen molar-refractivity contribution in [3.8, 4) is 5.75 Å². The Morgan fingerprint density at radius 2 is 1.81 bits per heavy atom. The van der Waals surface area contributed by atoms with Crippen molar-refractivity contribution in [3.63, 3.8) is 0 Å². The van der Waals surface area contributed by atoms with E-state index < -0.39 is 0 Å². The molecule has 118 valence electrons. The molecule has 1 atom stereocenters. The fourth-order valence-corrected chi connectivity index (χ4v) is 2.11. The van der Waals surface area contributed by atoms with Crippen molar-refractivity contribution >= 4 is 5.91 Å². The molecule has 0 bridgehead atoms. The molecule has 0 aromatic heterocycles. The van der Waals surface area contributed by atoms with Gasteiger partial charge >= 0.3 is 0 Å². The average Bonchev–Trinajstić information content (AvgIpc) is 2.43. The van der Waals surface area contributed by atoms with Crippen LogP contribution in [0.15, 0.2) is 24.3 Å². The molecule has 0 fully saturated rings. The Bertz CT molecular complexity index is 415. The van der Waals surface area contributed by atoms with Crippen LogP contribution in [0.2, 0.25) is 0 Å². The second-order valence-corrected chi connectivity index (χ2v) is 5.62. The van der Waals surface area contributed by atoms with Gasteiger partial charge in [-0.25, -0.2) is 0 Å². The number of nitrogens with one attached hydrogen (secondary N) is 1. The summed E-state index contributed by atoms with van der Waals surface area (Å²) in [5.74, 6) is 0.955. The third-order valence-electron chi connectivity index (χ3n) is 3.24. The van der Waals surface area contributed by atoms with Crippen LogP contribution in [0.5, 0.6) is 5.75 Å². The minimum absolute atomic E-state index is 0.0140. The first kappa shape index (κ1) is 17.5. The maximum Gasteiger partial charge on any atom is 0.220 e. The average molecular weight is 292 g/mol. The van der Waals surface area contributed by atoms with Gasteiger partial charge in [-0.3, -0.25) is 4.79 Å². The van der Waals surface area contributed by atoms with Crippen LogP contribution < -0.4 is 15.8 Å². The number of unbranched alkanes of at least 4 members (excludes halogenated alkanes) is 2. The van der Waals surface area contributed by atoms with Gasteiger partial charge in [-0.2, -0.15) is 0 Å². The normalized spacial score (nSPS) is 12.2. The molecular weight excluding hydrogens is 264 g/mol. The van der Waals surface area contributed by atoms with Crippen LogP contribution in [0.4, 0.5) is 0 Å². The summed E-state index contributed by atoms with van der Waals surface area (Å²) in [5.41, 5.74) is 6.52. The highest BCUT2D eigenvalue weighted by Gasteiger charge is 2.09. The Balaban J connectivity index is 2.40. The van der Waals surface area contributed by atoms with Gasteiger partial charge in [0, 0.05) is 6.42 Å². The summed E-state index contributed by atoms with van der Waals surface area (Å²) >= 11 is 0. The van der Waals surface area contributed by atoms with E-state index in [2.05, 4.69) is 5.32 Å². The summed E-state index contributed by atoms with van der Waals surface area (Å²) in [7, 11) is 0. The van der Waals surface area contributed by atoms with Crippen molar-refractivity contribution in [2.75, 3.05) is 6.54 Å². The largest absolute Gasteiger partial charge is 0.491 e. The van der Waals surface area contributed by atoms with E-state index >= 15 is 0 Å². The number of carbonyl (C=O) groups is 1. The fraction of sp³-hybridized carbons (Fsp3) is 0.588. The summed E-state index contributed by atoms with van der Waals surface area (Å²) in [6.45, 7) is 6.70. The van der Waals surface area contributed by atoms with Gasteiger partial charge in [0.15, 0.2) is 0 Å². The highest BCUT2D eigenvalue weighted by molar-refractivity contribution is 5.76. The van der Waals surface area contributed by atoms with E-state index in [4.69, 9.17) is 10.5 Å². The predicted octanol–water partition coefficient (Wildman–Crippen LogP) is 3.17. The highest BCUT2D eigenvalue weighted by atomic mass is 16.5. The first-order valence-electron chi connectivity index (χ1n) is 7.79. The van der Waals surface area contributed by atoms with Crippen LogP contribution in [0.3, 0.4) is 0 Å². The van der Waals surface area contributed by atoms with Crippen LogP contribution in [0.25, 0.3) is 0 Å². The zero-order valence-corrected chi connectivity index (χ0v) is 13.4. The number of nitrogens with two attached hydrogens (primary N) is 1. The van der Waals surface area contributed by atoms with E-state index in [1.807, 2.05) is 45.0 Å². The molecule has 4 heteroatoms. The van der Waals surface area contributed by atoms with Crippen molar-refractivity contribution in [2.24, 2.45) is 5.73 Å². The lowest BCUT2D eigenvalue weighted by Gasteiger charge is -2.16. The molecule has 1 aromatic carbocycles. The fourth-order valence-electron chi connectivity index (χ4n) is 2.11. The molecule has 3 N–H and O–H groups in total. The Kier molecular flexibility index (Phi) is 7.83. The lowest BCUT2D eigenvalue weighted by Crippen LogP contribution is -2.26. The lowest BCUT2D eigenvalue weighted by molar-refractivity contribution is -0.121. The number of ether oxygens (including phenoxy) is 1. The second kappa shape index (κ2) is 9.40. The highest BCUT2D eigenvalue weighted by Crippen LogP contribution is 2.18. The molecule has 0 aliphatic rings. The van der Waals surface area contributed by atoms with Crippen molar-refractivity contribution < 1.29 is 9.53 Å². The van der Waals surface area contributed by atoms with Crippen LogP contribution >= 0.6 is 0 Å². The summed E-state index contributed by atoms with van der Waals surface area (Å²) in [5, 5.41) is 3.02. The van der Waals surface area contributed by atoms with Gasteiger partial charge in [0.2, 0.25) is 5.91 Å². The zero-order chi connectivity index (χ0) is 15.7. The van der Waals surface area contributed by atoms with Crippen molar-refractivity contribution in [1.82, 2.24) is 5.32 Å². The number of amides is 1. The minimum atomic E-state index is 0.0140. The van der Waals surface area contributed by atoms with E-state index in [1.54, 1.807) is 0 Å². The van der Waals surface area contributed by atoms with Crippen LogP contribution in [-0.4, -0.2) is 18.6 Å². The Morgan fingerprint density at radius 3 is 2.38 bits per heavy atom. The SMILES string of the molecule is CC(C)Oc1ccc(C(C)NC(=O)CCCCCN)cc1. The predicted molar refractivity (Wildman–Crippen MR) is 86.3 cm³/mol.